The number of ether oxygens (including phenoxy) is 1. The number of aromatic nitrogens is 4. The summed E-state index contributed by atoms with van der Waals surface area (Å²) in [6.07, 6.45) is 4.11. The van der Waals surface area contributed by atoms with Crippen LogP contribution in [0.3, 0.4) is 0 Å². The molecule has 162 valence electrons. The highest BCUT2D eigenvalue weighted by atomic mass is 16.5. The summed E-state index contributed by atoms with van der Waals surface area (Å²) in [6.45, 7) is 10.2. The molecule has 0 aliphatic carbocycles. The van der Waals surface area contributed by atoms with Gasteiger partial charge in [0.05, 0.1) is 46.8 Å². The Morgan fingerprint density at radius 3 is 2.53 bits per heavy atom. The molecule has 30 heavy (non-hydrogen) atoms. The third kappa shape index (κ3) is 5.99. The van der Waals surface area contributed by atoms with E-state index in [4.69, 9.17) is 10.00 Å². The van der Waals surface area contributed by atoms with Crippen molar-refractivity contribution in [1.82, 2.24) is 19.6 Å². The third-order valence-corrected chi connectivity index (χ3v) is 3.75. The van der Waals surface area contributed by atoms with Crippen molar-refractivity contribution in [3.8, 4) is 6.07 Å². The number of nitrogens with one attached hydrogen (secondary N) is 2. The number of methoxy groups -OCH3 is 1. The Kier molecular flexibility index (Phi) is 7.83. The molecule has 9 heteroatoms. The van der Waals surface area contributed by atoms with Gasteiger partial charge in [-0.15, -0.1) is 0 Å². The van der Waals surface area contributed by atoms with Gasteiger partial charge in [-0.25, -0.2) is 14.3 Å². The van der Waals surface area contributed by atoms with Gasteiger partial charge in [0.25, 0.3) is 0 Å². The number of nitrogens with zero attached hydrogens (tertiary/aromatic N) is 5. The number of hydrogen-bond acceptors (Lipinski definition) is 6. The van der Waals surface area contributed by atoms with Crippen LogP contribution in [-0.2, 0) is 4.74 Å². The fraction of sp³-hybridized carbons (Fsp3) is 0.381. The number of anilines is 2. The van der Waals surface area contributed by atoms with Crippen LogP contribution in [0.25, 0.3) is 5.65 Å². The molecule has 3 aromatic rings. The highest BCUT2D eigenvalue weighted by Gasteiger charge is 2.18. The van der Waals surface area contributed by atoms with Gasteiger partial charge in [-0.2, -0.15) is 10.4 Å². The number of nitriles is 1. The van der Waals surface area contributed by atoms with E-state index < -0.39 is 6.03 Å². The number of carbonyl (C=O) groups excluding carboxylic acids is 1. The zero-order chi connectivity index (χ0) is 22.3. The lowest BCUT2D eigenvalue weighted by atomic mass is 10.2. The molecule has 0 unspecified atom stereocenters. The van der Waals surface area contributed by atoms with Crippen molar-refractivity contribution in [1.29, 1.82) is 5.26 Å². The van der Waals surface area contributed by atoms with Crippen LogP contribution >= 0.6 is 0 Å². The third-order valence-electron chi connectivity index (χ3n) is 3.75. The maximum absolute atomic E-state index is 12.4. The second-order valence-corrected chi connectivity index (χ2v) is 7.38. The average Bonchev–Trinajstić information content (AvgIpc) is 3.07. The summed E-state index contributed by atoms with van der Waals surface area (Å²) in [5.74, 6) is 0.833. The molecule has 0 saturated heterocycles. The maximum atomic E-state index is 12.4. The molecule has 0 saturated carbocycles. The molecule has 0 aliphatic heterocycles. The minimum Gasteiger partial charge on any atom is -0.375 e. The first-order valence-corrected chi connectivity index (χ1v) is 9.56. The van der Waals surface area contributed by atoms with Crippen LogP contribution in [0.2, 0.25) is 0 Å². The molecule has 3 rings (SSSR count). The fourth-order valence-corrected chi connectivity index (χ4v) is 2.52. The molecule has 0 aromatic carbocycles. The summed E-state index contributed by atoms with van der Waals surface area (Å²) in [5.41, 5.74) is 3.38. The van der Waals surface area contributed by atoms with E-state index in [0.717, 1.165) is 11.6 Å². The first-order chi connectivity index (χ1) is 14.2. The van der Waals surface area contributed by atoms with Crippen molar-refractivity contribution in [2.24, 2.45) is 5.92 Å². The van der Waals surface area contributed by atoms with Gasteiger partial charge in [0.1, 0.15) is 6.07 Å². The zero-order valence-corrected chi connectivity index (χ0v) is 18.1. The molecule has 3 heterocycles. The zero-order valence-electron chi connectivity index (χ0n) is 18.1. The molecule has 9 nitrogen and oxygen atoms in total. The number of rotatable bonds is 4. The Balaban J connectivity index is 0.00000148. The van der Waals surface area contributed by atoms with E-state index in [0.29, 0.717) is 28.3 Å². The van der Waals surface area contributed by atoms with Gasteiger partial charge in [-0.05, 0) is 25.8 Å². The van der Waals surface area contributed by atoms with E-state index in [1.807, 2.05) is 26.0 Å². The van der Waals surface area contributed by atoms with Gasteiger partial charge in [0.2, 0.25) is 0 Å². The van der Waals surface area contributed by atoms with Gasteiger partial charge in [0, 0.05) is 22.2 Å². The van der Waals surface area contributed by atoms with E-state index in [1.54, 1.807) is 17.8 Å². The van der Waals surface area contributed by atoms with Gasteiger partial charge in [0.15, 0.2) is 5.65 Å². The number of aryl methyl sites for hydroxylation is 1. The maximum Gasteiger partial charge on any atom is 0.323 e. The standard InChI is InChI=1S/C17H17N7O2.C4H10.2H2/c1-10-4-15-20-9-14(16(11(2)26-3)24(15)23-10)22-17(25)21-13-5-12(6-18)7-19-8-13;1-4(2)3;;/h4-5,7-9,11H,1-3H3,(H2,21,22,25);4H,1-3H3;2*1H/t11-;;;/m0.../s1. The number of fused-ring (bicyclic) bond motifs is 1. The number of amides is 2. The Hall–Kier alpha value is -3.51. The number of urea groups is 1. The Morgan fingerprint density at radius 1 is 1.20 bits per heavy atom. The number of pyridine rings is 1. The summed E-state index contributed by atoms with van der Waals surface area (Å²) >= 11 is 0. The Morgan fingerprint density at radius 2 is 1.90 bits per heavy atom. The van der Waals surface area contributed by atoms with Crippen molar-refractivity contribution >= 4 is 23.1 Å². The minimum absolute atomic E-state index is 0. The van der Waals surface area contributed by atoms with E-state index in [1.165, 1.54) is 18.5 Å². The predicted octanol–water partition coefficient (Wildman–Crippen LogP) is 4.81. The SMILES string of the molecule is CC(C)C.CO[C@@H](C)c1c(NC(=O)Nc2cncc(C#N)c2)cnc2cc(C)nn12.[HH].[HH]. The van der Waals surface area contributed by atoms with Crippen LogP contribution in [0.15, 0.2) is 30.7 Å². The van der Waals surface area contributed by atoms with E-state index >= 15 is 0 Å². The first-order valence-electron chi connectivity index (χ1n) is 9.56. The highest BCUT2D eigenvalue weighted by molar-refractivity contribution is 6.00. The molecule has 0 radical (unpaired) electrons. The summed E-state index contributed by atoms with van der Waals surface area (Å²) in [6, 6.07) is 4.86. The summed E-state index contributed by atoms with van der Waals surface area (Å²) in [5, 5.41) is 18.7. The van der Waals surface area contributed by atoms with Crippen molar-refractivity contribution < 1.29 is 12.4 Å². The van der Waals surface area contributed by atoms with Crippen molar-refractivity contribution in [3.63, 3.8) is 0 Å². The van der Waals surface area contributed by atoms with Crippen LogP contribution in [0.4, 0.5) is 16.2 Å². The highest BCUT2D eigenvalue weighted by Crippen LogP contribution is 2.25. The topological polar surface area (TPSA) is 117 Å². The molecule has 2 N–H and O–H groups in total. The van der Waals surface area contributed by atoms with Gasteiger partial charge in [-0.1, -0.05) is 20.8 Å². The number of carbonyl (C=O) groups is 1. The first kappa shape index (κ1) is 22.8. The smallest absolute Gasteiger partial charge is 0.323 e. The fourth-order valence-electron chi connectivity index (χ4n) is 2.52. The molecule has 0 bridgehead atoms. The molecular formula is C21H31N7O2. The molecule has 1 atom stereocenters. The molecular weight excluding hydrogens is 382 g/mol. The predicted molar refractivity (Wildman–Crippen MR) is 119 cm³/mol. The molecule has 3 aromatic heterocycles. The van der Waals surface area contributed by atoms with E-state index in [-0.39, 0.29) is 8.96 Å². The lowest BCUT2D eigenvalue weighted by molar-refractivity contribution is 0.114. The van der Waals surface area contributed by atoms with Crippen LogP contribution in [0.1, 0.15) is 53.6 Å². The van der Waals surface area contributed by atoms with Crippen LogP contribution in [0, 0.1) is 24.2 Å². The van der Waals surface area contributed by atoms with Gasteiger partial charge in [-0.3, -0.25) is 4.98 Å². The Bertz CT molecular complexity index is 1060. The molecule has 0 aliphatic rings. The van der Waals surface area contributed by atoms with E-state index in [2.05, 4.69) is 46.5 Å². The van der Waals surface area contributed by atoms with Crippen LogP contribution < -0.4 is 10.6 Å². The summed E-state index contributed by atoms with van der Waals surface area (Å²) in [7, 11) is 1.58. The van der Waals surface area contributed by atoms with Crippen molar-refractivity contribution in [3.05, 3.63) is 47.7 Å². The summed E-state index contributed by atoms with van der Waals surface area (Å²) < 4.78 is 7.07. The molecule has 2 amide bonds. The largest absolute Gasteiger partial charge is 0.375 e. The normalized spacial score (nSPS) is 11.4. The quantitative estimate of drug-likeness (QED) is 0.634. The van der Waals surface area contributed by atoms with Gasteiger partial charge >= 0.3 is 6.03 Å². The molecule has 0 fully saturated rings. The minimum atomic E-state index is -0.489. The van der Waals surface area contributed by atoms with Crippen LogP contribution in [0.5, 0.6) is 0 Å². The Labute approximate surface area is 179 Å². The van der Waals surface area contributed by atoms with Gasteiger partial charge < -0.3 is 15.4 Å². The number of hydrogen-bond donors (Lipinski definition) is 2. The van der Waals surface area contributed by atoms with Crippen LogP contribution in [-0.4, -0.2) is 32.7 Å². The average molecular weight is 414 g/mol. The van der Waals surface area contributed by atoms with Crippen molar-refractivity contribution in [2.45, 2.75) is 40.7 Å². The summed E-state index contributed by atoms with van der Waals surface area (Å²) in [4.78, 5) is 20.6. The van der Waals surface area contributed by atoms with Crippen molar-refractivity contribution in [2.75, 3.05) is 17.7 Å². The monoisotopic (exact) mass is 413 g/mol. The lowest BCUT2D eigenvalue weighted by Gasteiger charge is -2.17. The second-order valence-electron chi connectivity index (χ2n) is 7.38. The van der Waals surface area contributed by atoms with E-state index in [9.17, 15) is 4.79 Å². The second kappa shape index (κ2) is 10.3. The molecule has 0 spiro atoms. The lowest BCUT2D eigenvalue weighted by Crippen LogP contribution is -2.22.